The molecule has 0 saturated heterocycles. The van der Waals surface area contributed by atoms with Crippen LogP contribution in [0.15, 0.2) is 48.8 Å². The maximum atomic E-state index is 14.1. The summed E-state index contributed by atoms with van der Waals surface area (Å²) < 4.78 is 56.5. The lowest BCUT2D eigenvalue weighted by Gasteiger charge is -2.12. The van der Waals surface area contributed by atoms with Crippen molar-refractivity contribution in [1.29, 1.82) is 0 Å². The highest BCUT2D eigenvalue weighted by Crippen LogP contribution is 2.25. The quantitative estimate of drug-likeness (QED) is 0.181. The number of ether oxygens (including phenoxy) is 1. The zero-order valence-corrected chi connectivity index (χ0v) is 18.8. The number of aromatic nitrogens is 4. The second kappa shape index (κ2) is 9.61. The fourth-order valence-electron chi connectivity index (χ4n) is 3.34. The van der Waals surface area contributed by atoms with Crippen LogP contribution >= 0.6 is 0 Å². The Morgan fingerprint density at radius 3 is 2.57 bits per heavy atom. The zero-order chi connectivity index (χ0) is 27.0. The molecule has 0 unspecified atom stereocenters. The molecule has 11 nitrogen and oxygen atoms in total. The van der Waals surface area contributed by atoms with Crippen LogP contribution in [0.2, 0.25) is 0 Å². The van der Waals surface area contributed by atoms with Crippen LogP contribution in [0, 0.1) is 12.7 Å². The van der Waals surface area contributed by atoms with E-state index in [-0.39, 0.29) is 22.7 Å². The molecule has 0 fully saturated rings. The summed E-state index contributed by atoms with van der Waals surface area (Å²) >= 11 is 0. The largest absolute Gasteiger partial charge is 0.573 e. The van der Waals surface area contributed by atoms with E-state index < -0.39 is 36.5 Å². The predicted octanol–water partition coefficient (Wildman–Crippen LogP) is 2.07. The average Bonchev–Trinajstić information content (AvgIpc) is 3.18. The number of aliphatic hydroxyl groups is 3. The van der Waals surface area contributed by atoms with Crippen LogP contribution in [0.25, 0.3) is 16.8 Å². The highest BCUT2D eigenvalue weighted by atomic mass is 19.4. The summed E-state index contributed by atoms with van der Waals surface area (Å²) in [6.45, 7) is 1.16. The van der Waals surface area contributed by atoms with Gasteiger partial charge in [0.15, 0.2) is 5.65 Å². The molecule has 4 aromatic rings. The number of hydrogen-bond donors (Lipinski definition) is 5. The number of anilines is 1. The first kappa shape index (κ1) is 25.7. The third kappa shape index (κ3) is 6.46. The van der Waals surface area contributed by atoms with E-state index in [1.807, 2.05) is 5.32 Å². The molecule has 15 heteroatoms. The summed E-state index contributed by atoms with van der Waals surface area (Å²) in [5.74, 6) is -2.37. The van der Waals surface area contributed by atoms with Crippen molar-refractivity contribution >= 4 is 17.5 Å². The minimum Gasteiger partial charge on any atom is -0.406 e. The lowest BCUT2D eigenvalue weighted by molar-refractivity contribution is -0.289. The molecule has 0 aliphatic rings. The van der Waals surface area contributed by atoms with Gasteiger partial charge in [0.1, 0.15) is 11.6 Å². The van der Waals surface area contributed by atoms with E-state index >= 15 is 0 Å². The van der Waals surface area contributed by atoms with E-state index in [9.17, 15) is 22.4 Å². The number of aryl methyl sites for hydroxylation is 1. The molecule has 0 atom stereocenters. The van der Waals surface area contributed by atoms with Crippen molar-refractivity contribution < 1.29 is 42.4 Å². The lowest BCUT2D eigenvalue weighted by Crippen LogP contribution is -2.37. The minimum atomic E-state index is -4.95. The summed E-state index contributed by atoms with van der Waals surface area (Å²) in [5.41, 5.74) is 1.57. The van der Waals surface area contributed by atoms with Crippen LogP contribution in [0.1, 0.15) is 21.6 Å². The molecule has 0 aliphatic heterocycles. The monoisotopic (exact) mass is 522 g/mol. The van der Waals surface area contributed by atoms with Gasteiger partial charge < -0.3 is 25.4 Å². The van der Waals surface area contributed by atoms with Crippen molar-refractivity contribution in [3.05, 3.63) is 71.4 Å². The molecule has 3 aromatic heterocycles. The van der Waals surface area contributed by atoms with E-state index in [0.29, 0.717) is 16.8 Å². The first-order chi connectivity index (χ1) is 17.3. The highest BCUT2D eigenvalue weighted by molar-refractivity contribution is 5.96. The predicted molar refractivity (Wildman–Crippen MR) is 118 cm³/mol. The summed E-state index contributed by atoms with van der Waals surface area (Å²) in [4.78, 5) is 21.0. The molecule has 0 spiro atoms. The van der Waals surface area contributed by atoms with E-state index in [4.69, 9.17) is 15.3 Å². The molecule has 0 saturated carbocycles. The number of hydrogen-bond acceptors (Lipinski definition) is 9. The Balaban J connectivity index is 1.54. The summed E-state index contributed by atoms with van der Waals surface area (Å²) in [6.07, 6.45) is -5.18. The van der Waals surface area contributed by atoms with Gasteiger partial charge in [-0.3, -0.25) is 15.1 Å². The Morgan fingerprint density at radius 1 is 1.11 bits per heavy atom. The number of halogens is 4. The maximum Gasteiger partial charge on any atom is 0.573 e. The Labute approximate surface area is 205 Å². The number of rotatable bonds is 7. The van der Waals surface area contributed by atoms with Crippen molar-refractivity contribution in [2.24, 2.45) is 0 Å². The topological polar surface area (TPSA) is 154 Å². The molecule has 194 valence electrons. The van der Waals surface area contributed by atoms with E-state index in [2.05, 4.69) is 25.1 Å². The fraction of sp³-hybridized carbons (Fsp3) is 0.182. The number of carbonyl (C=O) groups excluding carboxylic acids is 1. The smallest absolute Gasteiger partial charge is 0.406 e. The zero-order valence-electron chi connectivity index (χ0n) is 18.8. The van der Waals surface area contributed by atoms with Crippen LogP contribution in [0.3, 0.4) is 0 Å². The van der Waals surface area contributed by atoms with Gasteiger partial charge in [-0.25, -0.2) is 8.91 Å². The van der Waals surface area contributed by atoms with Crippen LogP contribution < -0.4 is 15.4 Å². The minimum absolute atomic E-state index is 0.134. The average molecular weight is 522 g/mol. The van der Waals surface area contributed by atoms with Gasteiger partial charge in [0, 0.05) is 30.1 Å². The number of benzene rings is 1. The number of alkyl halides is 3. The van der Waals surface area contributed by atoms with Gasteiger partial charge in [-0.05, 0) is 48.9 Å². The summed E-state index contributed by atoms with van der Waals surface area (Å²) in [5, 5.41) is 35.3. The van der Waals surface area contributed by atoms with Gasteiger partial charge in [0.05, 0.1) is 11.3 Å². The molecule has 0 aliphatic carbocycles. The first-order valence-corrected chi connectivity index (χ1v) is 10.4. The third-order valence-corrected chi connectivity index (χ3v) is 4.97. The van der Waals surface area contributed by atoms with E-state index in [0.717, 1.165) is 18.2 Å². The van der Waals surface area contributed by atoms with Gasteiger partial charge >= 0.3 is 12.5 Å². The molecule has 0 bridgehead atoms. The van der Waals surface area contributed by atoms with Gasteiger partial charge in [0.2, 0.25) is 5.95 Å². The highest BCUT2D eigenvalue weighted by Gasteiger charge is 2.31. The Hall–Kier alpha value is -4.34. The number of fused-ring (bicyclic) bond motifs is 1. The van der Waals surface area contributed by atoms with Crippen molar-refractivity contribution in [1.82, 2.24) is 24.9 Å². The Morgan fingerprint density at radius 2 is 1.86 bits per heavy atom. The van der Waals surface area contributed by atoms with Gasteiger partial charge in [0.25, 0.3) is 5.91 Å². The van der Waals surface area contributed by atoms with Crippen molar-refractivity contribution in [3.8, 4) is 16.9 Å². The van der Waals surface area contributed by atoms with Crippen LogP contribution in [-0.4, -0.2) is 53.3 Å². The number of pyridine rings is 2. The fourth-order valence-corrected chi connectivity index (χ4v) is 3.34. The van der Waals surface area contributed by atoms with Crippen molar-refractivity contribution in [2.45, 2.75) is 25.9 Å². The van der Waals surface area contributed by atoms with E-state index in [1.165, 1.54) is 23.0 Å². The molecule has 0 radical (unpaired) electrons. The van der Waals surface area contributed by atoms with Gasteiger partial charge in [-0.15, -0.1) is 18.3 Å². The Bertz CT molecular complexity index is 1470. The Kier molecular flexibility index (Phi) is 6.68. The molecule has 1 amide bonds. The van der Waals surface area contributed by atoms with Crippen molar-refractivity contribution in [2.75, 3.05) is 5.32 Å². The molecule has 4 rings (SSSR count). The number of amides is 1. The van der Waals surface area contributed by atoms with Gasteiger partial charge in [-0.2, -0.15) is 4.98 Å². The molecule has 3 heterocycles. The third-order valence-electron chi connectivity index (χ3n) is 4.97. The SMILES string of the molecule is Cc1ncc(-c2ccn3nc(NC(O)(O)O)nc3c2)cc1C(=O)NCc1cc(OC(F)(F)F)ccc1F. The maximum absolute atomic E-state index is 14.1. The van der Waals surface area contributed by atoms with Crippen molar-refractivity contribution in [3.63, 3.8) is 0 Å². The van der Waals surface area contributed by atoms with Crippen LogP contribution in [0.4, 0.5) is 23.5 Å². The summed E-state index contributed by atoms with van der Waals surface area (Å²) in [6, 6.07) is 7.16. The van der Waals surface area contributed by atoms with Gasteiger partial charge in [-0.1, -0.05) is 0 Å². The molecular formula is C22H18F4N6O5. The summed E-state index contributed by atoms with van der Waals surface area (Å²) in [7, 11) is 0. The normalized spacial score (nSPS) is 12.0. The lowest BCUT2D eigenvalue weighted by atomic mass is 10.0. The molecule has 5 N–H and O–H groups in total. The number of nitrogens with zero attached hydrogens (tertiary/aromatic N) is 4. The first-order valence-electron chi connectivity index (χ1n) is 10.4. The molecular weight excluding hydrogens is 504 g/mol. The number of carbonyl (C=O) groups is 1. The van der Waals surface area contributed by atoms with Crippen LogP contribution in [0.5, 0.6) is 5.75 Å². The number of nitrogens with one attached hydrogen (secondary N) is 2. The van der Waals surface area contributed by atoms with Crippen LogP contribution in [-0.2, 0) is 6.54 Å². The van der Waals surface area contributed by atoms with E-state index in [1.54, 1.807) is 19.1 Å². The second-order valence-corrected chi connectivity index (χ2v) is 7.75. The second-order valence-electron chi connectivity index (χ2n) is 7.75. The molecule has 37 heavy (non-hydrogen) atoms. The standard InChI is InChI=1S/C22H18F4N6O5/c1-11-16(19(33)28-10-14-6-15(2-3-17(14)23)37-21(24,25)26)7-13(9-27-11)12-4-5-32-18(8-12)29-20(31-32)30-22(34,35)36/h2-9,34-36H,10H2,1H3,(H,28,33)(H,30,31). The molecule has 1 aromatic carbocycles.